The Labute approximate surface area is 160 Å². The van der Waals surface area contributed by atoms with E-state index in [0.717, 1.165) is 0 Å². The minimum atomic E-state index is -4.02. The molecule has 10 heteroatoms. The molecule has 0 radical (unpaired) electrons. The average Bonchev–Trinajstić information content (AvgIpc) is 2.69. The minimum Gasteiger partial charge on any atom is -0.321 e. The Kier molecular flexibility index (Phi) is 5.32. The van der Waals surface area contributed by atoms with Gasteiger partial charge in [0.05, 0.1) is 9.80 Å². The van der Waals surface area contributed by atoms with Gasteiger partial charge in [0, 0.05) is 18.0 Å². The predicted octanol–water partition coefficient (Wildman–Crippen LogP) is 2.93. The summed E-state index contributed by atoms with van der Waals surface area (Å²) in [5, 5.41) is 11.7. The number of sulfonamides is 1. The van der Waals surface area contributed by atoms with Crippen LogP contribution in [0.15, 0.2) is 77.8 Å². The minimum absolute atomic E-state index is 0.0764. The molecule has 0 saturated heterocycles. The molecule has 0 aliphatic rings. The number of anilines is 2. The number of pyridine rings is 1. The van der Waals surface area contributed by atoms with Crippen molar-refractivity contribution in [2.24, 2.45) is 0 Å². The van der Waals surface area contributed by atoms with Gasteiger partial charge in [0.2, 0.25) is 0 Å². The molecule has 3 aromatic rings. The zero-order valence-electron chi connectivity index (χ0n) is 14.3. The van der Waals surface area contributed by atoms with E-state index < -0.39 is 20.9 Å². The Bertz CT molecular complexity index is 1120. The van der Waals surface area contributed by atoms with E-state index in [1.165, 1.54) is 54.7 Å². The van der Waals surface area contributed by atoms with E-state index in [0.29, 0.717) is 5.69 Å². The molecular formula is C18H15N4O5S+. The van der Waals surface area contributed by atoms with Gasteiger partial charge in [-0.3, -0.25) is 14.5 Å². The maximum Gasteiger partial charge on any atom is 0.340 e. The van der Waals surface area contributed by atoms with E-state index in [1.54, 1.807) is 18.2 Å². The Hall–Kier alpha value is -3.79. The van der Waals surface area contributed by atoms with Crippen molar-refractivity contribution in [1.29, 1.82) is 0 Å². The smallest absolute Gasteiger partial charge is 0.321 e. The molecule has 9 nitrogen and oxygen atoms in total. The first-order valence-electron chi connectivity index (χ1n) is 7.97. The number of nitrogens with zero attached hydrogens (tertiary/aromatic N) is 2. The van der Waals surface area contributed by atoms with Crippen LogP contribution in [0.3, 0.4) is 0 Å². The van der Waals surface area contributed by atoms with Crippen LogP contribution in [0.1, 0.15) is 10.5 Å². The molecule has 0 unspecified atom stereocenters. The zero-order chi connectivity index (χ0) is 20.1. The van der Waals surface area contributed by atoms with Gasteiger partial charge in [-0.15, -0.1) is 0 Å². The van der Waals surface area contributed by atoms with Crippen molar-refractivity contribution in [3.8, 4) is 0 Å². The third kappa shape index (κ3) is 4.30. The summed E-state index contributed by atoms with van der Waals surface area (Å²) in [4.78, 5) is 26.6. The fraction of sp³-hybridized carbons (Fsp3) is 0. The van der Waals surface area contributed by atoms with Crippen LogP contribution in [0.2, 0.25) is 0 Å². The van der Waals surface area contributed by atoms with E-state index in [-0.39, 0.29) is 22.0 Å². The second kappa shape index (κ2) is 7.84. The maximum atomic E-state index is 12.5. The van der Waals surface area contributed by atoms with Crippen molar-refractivity contribution in [2.45, 2.75) is 4.90 Å². The predicted molar refractivity (Wildman–Crippen MR) is 101 cm³/mol. The van der Waals surface area contributed by atoms with Gasteiger partial charge in [0.15, 0.2) is 0 Å². The molecule has 1 heterocycles. The summed E-state index contributed by atoms with van der Waals surface area (Å²) < 4.78 is 27.3. The Morgan fingerprint density at radius 1 is 0.964 bits per heavy atom. The van der Waals surface area contributed by atoms with Crippen molar-refractivity contribution in [1.82, 2.24) is 4.98 Å². The monoisotopic (exact) mass is 399 g/mol. The third-order valence-corrected chi connectivity index (χ3v) is 5.06. The van der Waals surface area contributed by atoms with Crippen LogP contribution in [-0.2, 0) is 10.0 Å². The van der Waals surface area contributed by atoms with Gasteiger partial charge in [-0.2, -0.15) is 0 Å². The van der Waals surface area contributed by atoms with E-state index in [2.05, 4.69) is 15.0 Å². The Morgan fingerprint density at radius 2 is 1.64 bits per heavy atom. The molecule has 3 N–H and O–H groups in total. The fourth-order valence-corrected chi connectivity index (χ4v) is 3.41. The van der Waals surface area contributed by atoms with Crippen LogP contribution >= 0.6 is 0 Å². The summed E-state index contributed by atoms with van der Waals surface area (Å²) in [6.07, 6.45) is 1.49. The number of para-hydroxylation sites is 2. The molecule has 0 fully saturated rings. The number of amides is 1. The summed E-state index contributed by atoms with van der Waals surface area (Å²) >= 11 is 0. The molecule has 3 rings (SSSR count). The van der Waals surface area contributed by atoms with Gasteiger partial charge in [-0.25, -0.2) is 13.6 Å². The number of carbonyl (C=O) groups is 1. The van der Waals surface area contributed by atoms with Gasteiger partial charge in [-0.1, -0.05) is 18.2 Å². The zero-order valence-corrected chi connectivity index (χ0v) is 15.1. The summed E-state index contributed by atoms with van der Waals surface area (Å²) in [5.41, 5.74) is 0.289. The van der Waals surface area contributed by atoms with Crippen molar-refractivity contribution < 1.29 is 23.3 Å². The van der Waals surface area contributed by atoms with E-state index >= 15 is 0 Å². The van der Waals surface area contributed by atoms with Gasteiger partial charge in [0.1, 0.15) is 11.4 Å². The van der Waals surface area contributed by atoms with Crippen LogP contribution in [0.5, 0.6) is 0 Å². The molecule has 0 aliphatic heterocycles. The highest BCUT2D eigenvalue weighted by Gasteiger charge is 2.23. The SMILES string of the molecule is O=C(Nc1ccc(S(=O)(=O)Nc2ccccc2[N+](=O)O)cc1)c1ccccn1. The lowest BCUT2D eigenvalue weighted by Crippen LogP contribution is -2.15. The molecule has 1 amide bonds. The summed E-state index contributed by atoms with van der Waals surface area (Å²) in [6.45, 7) is 0. The molecule has 1 aromatic heterocycles. The van der Waals surface area contributed by atoms with E-state index in [9.17, 15) is 18.1 Å². The summed E-state index contributed by atoms with van der Waals surface area (Å²) in [7, 11) is -4.02. The highest BCUT2D eigenvalue weighted by molar-refractivity contribution is 7.92. The Morgan fingerprint density at radius 3 is 2.29 bits per heavy atom. The highest BCUT2D eigenvalue weighted by atomic mass is 32.2. The first kappa shape index (κ1) is 19.0. The van der Waals surface area contributed by atoms with Gasteiger partial charge >= 0.3 is 5.69 Å². The van der Waals surface area contributed by atoms with E-state index in [1.807, 2.05) is 0 Å². The second-order valence-corrected chi connectivity index (χ2v) is 7.27. The first-order chi connectivity index (χ1) is 13.4. The molecular weight excluding hydrogens is 384 g/mol. The molecule has 0 spiro atoms. The number of hydrogen-bond acceptors (Lipinski definition) is 5. The van der Waals surface area contributed by atoms with Crippen molar-refractivity contribution in [3.05, 3.63) is 83.5 Å². The molecule has 0 bridgehead atoms. The topological polar surface area (TPSA) is 128 Å². The largest absolute Gasteiger partial charge is 0.340 e. The lowest BCUT2D eigenvalue weighted by atomic mass is 10.3. The number of benzene rings is 2. The molecule has 0 saturated carbocycles. The van der Waals surface area contributed by atoms with Crippen molar-refractivity contribution >= 4 is 33.0 Å². The van der Waals surface area contributed by atoms with Gasteiger partial charge in [-0.05, 0) is 42.5 Å². The van der Waals surface area contributed by atoms with Gasteiger partial charge in [0.25, 0.3) is 20.9 Å². The summed E-state index contributed by atoms with van der Waals surface area (Å²) in [5.74, 6) is -0.429. The van der Waals surface area contributed by atoms with Crippen LogP contribution in [0.25, 0.3) is 0 Å². The molecule has 0 aliphatic carbocycles. The Balaban J connectivity index is 1.77. The van der Waals surface area contributed by atoms with Crippen LogP contribution in [-0.4, -0.2) is 29.4 Å². The van der Waals surface area contributed by atoms with E-state index in [4.69, 9.17) is 5.21 Å². The standard InChI is InChI=1S/C18H14N4O5S/c23-18(16-6-3-4-12-19-16)20-13-8-10-14(11-9-13)28(26,27)21-15-5-1-2-7-17(15)22(24)25/h1-12,21H,(H-,20,23,24,25)/p+1. The fourth-order valence-electron chi connectivity index (χ4n) is 2.34. The van der Waals surface area contributed by atoms with Gasteiger partial charge < -0.3 is 5.32 Å². The van der Waals surface area contributed by atoms with Crippen LogP contribution in [0, 0.1) is 4.91 Å². The lowest BCUT2D eigenvalue weighted by molar-refractivity contribution is -0.729. The molecule has 142 valence electrons. The van der Waals surface area contributed by atoms with Crippen molar-refractivity contribution in [3.63, 3.8) is 0 Å². The summed E-state index contributed by atoms with van der Waals surface area (Å²) in [6, 6.07) is 16.0. The maximum absolute atomic E-state index is 12.5. The van der Waals surface area contributed by atoms with Crippen LogP contribution < -0.4 is 10.0 Å². The molecule has 0 atom stereocenters. The third-order valence-electron chi connectivity index (χ3n) is 3.67. The molecule has 28 heavy (non-hydrogen) atoms. The number of nitrogens with one attached hydrogen (secondary N) is 2. The molecule has 2 aromatic carbocycles. The van der Waals surface area contributed by atoms with Crippen molar-refractivity contribution in [2.75, 3.05) is 10.0 Å². The highest BCUT2D eigenvalue weighted by Crippen LogP contribution is 2.26. The lowest BCUT2D eigenvalue weighted by Gasteiger charge is -2.09. The normalized spacial score (nSPS) is 10.9. The number of rotatable bonds is 6. The number of hydrogen-bond donors (Lipinski definition) is 3. The first-order valence-corrected chi connectivity index (χ1v) is 9.45. The average molecular weight is 399 g/mol. The second-order valence-electron chi connectivity index (χ2n) is 5.59. The quantitative estimate of drug-likeness (QED) is 0.547. The number of aromatic nitrogens is 1. The number of carbonyl (C=O) groups excluding carboxylic acids is 1. The van der Waals surface area contributed by atoms with Crippen LogP contribution in [0.4, 0.5) is 17.1 Å².